The van der Waals surface area contributed by atoms with Crippen LogP contribution in [0.3, 0.4) is 0 Å². The lowest BCUT2D eigenvalue weighted by atomic mass is 9.92. The van der Waals surface area contributed by atoms with Gasteiger partial charge in [-0.2, -0.15) is 0 Å². The molecule has 0 spiro atoms. The molecule has 4 nitrogen and oxygen atoms in total. The monoisotopic (exact) mass is 414 g/mol. The molecule has 1 fully saturated rings. The average molecular weight is 415 g/mol. The highest BCUT2D eigenvalue weighted by molar-refractivity contribution is 6.31. The van der Waals surface area contributed by atoms with Gasteiger partial charge in [-0.1, -0.05) is 54.1 Å². The molecule has 1 heterocycles. The maximum absolute atomic E-state index is 12.8. The first-order valence-corrected chi connectivity index (χ1v) is 10.5. The number of hydrogen-bond donors (Lipinski definition) is 0. The van der Waals surface area contributed by atoms with Crippen molar-refractivity contribution in [3.63, 3.8) is 0 Å². The molecule has 2 aromatic carbocycles. The number of ether oxygens (including phenoxy) is 1. The zero-order chi connectivity index (χ0) is 21.2. The maximum Gasteiger partial charge on any atom is 0.410 e. The number of likely N-dealkylation sites (N-methyl/N-ethyl adjacent to an activating group) is 1. The second-order valence-electron chi connectivity index (χ2n) is 8.95. The van der Waals surface area contributed by atoms with E-state index in [1.54, 1.807) is 4.90 Å². The molecule has 1 aliphatic rings. The van der Waals surface area contributed by atoms with Gasteiger partial charge < -0.3 is 9.64 Å². The van der Waals surface area contributed by atoms with Gasteiger partial charge in [0.2, 0.25) is 0 Å². The third-order valence-electron chi connectivity index (χ3n) is 5.40. The summed E-state index contributed by atoms with van der Waals surface area (Å²) in [7, 11) is 1.85. The first-order chi connectivity index (χ1) is 13.6. The highest BCUT2D eigenvalue weighted by Crippen LogP contribution is 2.34. The van der Waals surface area contributed by atoms with E-state index in [-0.39, 0.29) is 18.1 Å². The fourth-order valence-electron chi connectivity index (χ4n) is 3.92. The molecule has 156 valence electrons. The summed E-state index contributed by atoms with van der Waals surface area (Å²) in [6, 6.07) is 16.7. The second kappa shape index (κ2) is 8.76. The second-order valence-corrected chi connectivity index (χ2v) is 9.36. The average Bonchev–Trinajstić information content (AvgIpc) is 3.06. The number of halogens is 1. The number of amides is 1. The number of hydrogen-bond acceptors (Lipinski definition) is 3. The summed E-state index contributed by atoms with van der Waals surface area (Å²) in [5.74, 6) is 0.201. The fourth-order valence-corrected chi connectivity index (χ4v) is 4.04. The Morgan fingerprint density at radius 2 is 1.86 bits per heavy atom. The first kappa shape index (κ1) is 21.7. The predicted molar refractivity (Wildman–Crippen MR) is 118 cm³/mol. The largest absolute Gasteiger partial charge is 0.444 e. The molecule has 29 heavy (non-hydrogen) atoms. The van der Waals surface area contributed by atoms with Crippen LogP contribution in [-0.2, 0) is 11.3 Å². The smallest absolute Gasteiger partial charge is 0.410 e. The number of aryl methyl sites for hydroxylation is 1. The molecule has 3 rings (SSSR count). The number of nitrogens with zero attached hydrogens (tertiary/aromatic N) is 2. The van der Waals surface area contributed by atoms with Crippen molar-refractivity contribution in [2.45, 2.75) is 51.8 Å². The lowest BCUT2D eigenvalue weighted by Gasteiger charge is -2.31. The Bertz CT molecular complexity index is 848. The number of rotatable bonds is 4. The molecule has 0 bridgehead atoms. The van der Waals surface area contributed by atoms with Crippen molar-refractivity contribution in [1.82, 2.24) is 9.80 Å². The molecule has 0 saturated carbocycles. The molecule has 1 aliphatic heterocycles. The van der Waals surface area contributed by atoms with Crippen LogP contribution < -0.4 is 0 Å². The zero-order valence-electron chi connectivity index (χ0n) is 18.0. The van der Waals surface area contributed by atoms with E-state index in [0.29, 0.717) is 0 Å². The molecule has 1 saturated heterocycles. The van der Waals surface area contributed by atoms with Crippen LogP contribution in [0.1, 0.15) is 43.4 Å². The number of carbonyl (C=O) groups is 1. The molecule has 0 N–H and O–H groups in total. The summed E-state index contributed by atoms with van der Waals surface area (Å²) in [6.45, 7) is 10.3. The van der Waals surface area contributed by atoms with Gasteiger partial charge in [-0.05, 0) is 50.5 Å². The highest BCUT2D eigenvalue weighted by atomic mass is 35.5. The van der Waals surface area contributed by atoms with Gasteiger partial charge in [0.25, 0.3) is 0 Å². The lowest BCUT2D eigenvalue weighted by Crippen LogP contribution is -2.44. The van der Waals surface area contributed by atoms with Crippen LogP contribution in [0.5, 0.6) is 0 Å². The first-order valence-electron chi connectivity index (χ1n) is 10.1. The van der Waals surface area contributed by atoms with Crippen LogP contribution in [0.15, 0.2) is 48.5 Å². The molecular formula is C24H31ClN2O2. The van der Waals surface area contributed by atoms with E-state index in [0.717, 1.165) is 30.2 Å². The minimum absolute atomic E-state index is 0.0362. The standard InChI is InChI=1S/C24H31ClN2O2/c1-17-13-19(11-12-21(17)25)20-15-27(14-18-9-7-6-8-10-18)16-22(20)26(5)23(28)29-24(2,3)4/h6-13,20,22H,14-16H2,1-5H3/t20-,22+/m1/s1. The SMILES string of the molecule is Cc1cc([C@H]2CN(Cc3ccccc3)C[C@@H]2N(C)C(=O)OC(C)(C)C)ccc1Cl. The summed E-state index contributed by atoms with van der Waals surface area (Å²) in [4.78, 5) is 17.0. The Hall–Kier alpha value is -2.04. The van der Waals surface area contributed by atoms with Gasteiger partial charge >= 0.3 is 6.09 Å². The van der Waals surface area contributed by atoms with Crippen LogP contribution in [0.4, 0.5) is 4.79 Å². The van der Waals surface area contributed by atoms with Crippen LogP contribution in [0.2, 0.25) is 5.02 Å². The van der Waals surface area contributed by atoms with Crippen molar-refractivity contribution in [2.24, 2.45) is 0 Å². The number of carbonyl (C=O) groups excluding carboxylic acids is 1. The van der Waals surface area contributed by atoms with E-state index in [2.05, 4.69) is 41.3 Å². The summed E-state index contributed by atoms with van der Waals surface area (Å²) in [6.07, 6.45) is -0.278. The van der Waals surface area contributed by atoms with E-state index in [1.807, 2.05) is 46.9 Å². The van der Waals surface area contributed by atoms with Crippen LogP contribution in [-0.4, -0.2) is 47.7 Å². The quantitative estimate of drug-likeness (QED) is 0.663. The molecule has 2 atom stereocenters. The van der Waals surface area contributed by atoms with Crippen LogP contribution >= 0.6 is 11.6 Å². The van der Waals surface area contributed by atoms with E-state index >= 15 is 0 Å². The van der Waals surface area contributed by atoms with E-state index in [4.69, 9.17) is 16.3 Å². The minimum atomic E-state index is -0.514. The van der Waals surface area contributed by atoms with Gasteiger partial charge in [-0.25, -0.2) is 4.79 Å². The van der Waals surface area contributed by atoms with Crippen molar-refractivity contribution in [1.29, 1.82) is 0 Å². The predicted octanol–water partition coefficient (Wildman–Crippen LogP) is 5.48. The Morgan fingerprint density at radius 1 is 1.17 bits per heavy atom. The Morgan fingerprint density at radius 3 is 2.48 bits per heavy atom. The van der Waals surface area contributed by atoms with Gasteiger partial charge in [0, 0.05) is 37.6 Å². The highest BCUT2D eigenvalue weighted by Gasteiger charge is 2.39. The Balaban J connectivity index is 1.84. The number of likely N-dealkylation sites (tertiary alicyclic amines) is 1. The van der Waals surface area contributed by atoms with Gasteiger partial charge in [0.05, 0.1) is 6.04 Å². The van der Waals surface area contributed by atoms with Gasteiger partial charge in [0.15, 0.2) is 0 Å². The molecule has 0 aromatic heterocycles. The van der Waals surface area contributed by atoms with Gasteiger partial charge in [0.1, 0.15) is 5.60 Å². The molecule has 0 radical (unpaired) electrons. The van der Waals surface area contributed by atoms with Crippen LogP contribution in [0, 0.1) is 6.92 Å². The van der Waals surface area contributed by atoms with Crippen molar-refractivity contribution < 1.29 is 9.53 Å². The summed E-state index contributed by atoms with van der Waals surface area (Å²) < 4.78 is 5.64. The zero-order valence-corrected chi connectivity index (χ0v) is 18.7. The summed E-state index contributed by atoms with van der Waals surface area (Å²) in [5, 5.41) is 0.768. The van der Waals surface area contributed by atoms with E-state index in [1.165, 1.54) is 11.1 Å². The molecule has 1 amide bonds. The number of benzene rings is 2. The fraction of sp³-hybridized carbons (Fsp3) is 0.458. The molecule has 0 unspecified atom stereocenters. The Kier molecular flexibility index (Phi) is 6.55. The van der Waals surface area contributed by atoms with Crippen molar-refractivity contribution in [3.8, 4) is 0 Å². The topological polar surface area (TPSA) is 32.8 Å². The van der Waals surface area contributed by atoms with Crippen LogP contribution in [0.25, 0.3) is 0 Å². The summed E-state index contributed by atoms with van der Waals surface area (Å²) in [5.41, 5.74) is 3.03. The molecule has 0 aliphatic carbocycles. The van der Waals surface area contributed by atoms with Gasteiger partial charge in [-0.15, -0.1) is 0 Å². The molecule has 2 aromatic rings. The van der Waals surface area contributed by atoms with Crippen molar-refractivity contribution in [3.05, 3.63) is 70.2 Å². The maximum atomic E-state index is 12.8. The van der Waals surface area contributed by atoms with E-state index in [9.17, 15) is 4.79 Å². The third kappa shape index (κ3) is 5.52. The molecule has 5 heteroatoms. The third-order valence-corrected chi connectivity index (χ3v) is 5.83. The van der Waals surface area contributed by atoms with Crippen molar-refractivity contribution >= 4 is 17.7 Å². The van der Waals surface area contributed by atoms with Gasteiger partial charge in [-0.3, -0.25) is 4.90 Å². The summed E-state index contributed by atoms with van der Waals surface area (Å²) >= 11 is 6.25. The molecular weight excluding hydrogens is 384 g/mol. The van der Waals surface area contributed by atoms with Crippen molar-refractivity contribution in [2.75, 3.05) is 20.1 Å². The van der Waals surface area contributed by atoms with E-state index < -0.39 is 5.60 Å². The minimum Gasteiger partial charge on any atom is -0.444 e. The Labute approximate surface area is 179 Å². The lowest BCUT2D eigenvalue weighted by molar-refractivity contribution is 0.0217. The normalized spacial score (nSPS) is 19.9.